The third kappa shape index (κ3) is 3.42. The molecule has 3 heteroatoms. The Balaban J connectivity index is 2.66. The predicted octanol–water partition coefficient (Wildman–Crippen LogP) is 1.93. The van der Waals surface area contributed by atoms with Crippen LogP contribution in [0.1, 0.15) is 12.5 Å². The van der Waals surface area contributed by atoms with Gasteiger partial charge in [-0.25, -0.2) is 4.39 Å². The van der Waals surface area contributed by atoms with Crippen molar-refractivity contribution in [2.45, 2.75) is 20.0 Å². The summed E-state index contributed by atoms with van der Waals surface area (Å²) in [6, 6.07) is 4.72. The standard InChI is InChI=1S/C10H14FNO/c1-7-3-9(11)5-10(4-7)12-6-8(2)13/h3-5,8,12-13H,6H2,1-2H3/t8-/m0/s1. The molecule has 1 aromatic carbocycles. The topological polar surface area (TPSA) is 32.3 Å². The average molecular weight is 183 g/mol. The molecule has 0 spiro atoms. The summed E-state index contributed by atoms with van der Waals surface area (Å²) in [5, 5.41) is 11.9. The number of hydrogen-bond acceptors (Lipinski definition) is 2. The minimum Gasteiger partial charge on any atom is -0.392 e. The molecule has 1 atom stereocenters. The summed E-state index contributed by atoms with van der Waals surface area (Å²) in [5.41, 5.74) is 1.58. The highest BCUT2D eigenvalue weighted by Crippen LogP contribution is 2.12. The Kier molecular flexibility index (Phi) is 3.25. The lowest BCUT2D eigenvalue weighted by atomic mass is 10.2. The molecule has 1 rings (SSSR count). The monoisotopic (exact) mass is 183 g/mol. The van der Waals surface area contributed by atoms with E-state index in [0.29, 0.717) is 12.2 Å². The van der Waals surface area contributed by atoms with Crippen LogP contribution in [-0.4, -0.2) is 17.8 Å². The number of aliphatic hydroxyl groups is 1. The summed E-state index contributed by atoms with van der Waals surface area (Å²) in [6.07, 6.45) is -0.427. The van der Waals surface area contributed by atoms with Gasteiger partial charge in [-0.3, -0.25) is 0 Å². The number of benzene rings is 1. The van der Waals surface area contributed by atoms with Crippen LogP contribution in [0, 0.1) is 12.7 Å². The molecule has 0 saturated heterocycles. The maximum absolute atomic E-state index is 12.8. The fraction of sp³-hybridized carbons (Fsp3) is 0.400. The summed E-state index contributed by atoms with van der Waals surface area (Å²) in [4.78, 5) is 0. The van der Waals surface area contributed by atoms with Gasteiger partial charge in [0.15, 0.2) is 0 Å². The Morgan fingerprint density at radius 2 is 2.15 bits per heavy atom. The van der Waals surface area contributed by atoms with E-state index in [9.17, 15) is 4.39 Å². The van der Waals surface area contributed by atoms with Crippen LogP contribution in [-0.2, 0) is 0 Å². The van der Waals surface area contributed by atoms with E-state index in [1.807, 2.05) is 13.0 Å². The highest BCUT2D eigenvalue weighted by atomic mass is 19.1. The molecule has 72 valence electrons. The number of halogens is 1. The van der Waals surface area contributed by atoms with Crippen molar-refractivity contribution >= 4 is 5.69 Å². The molecule has 0 aromatic heterocycles. The van der Waals surface area contributed by atoms with Crippen LogP contribution in [0.5, 0.6) is 0 Å². The molecule has 0 aliphatic heterocycles. The molecule has 2 nitrogen and oxygen atoms in total. The molecular weight excluding hydrogens is 169 g/mol. The molecule has 0 aliphatic carbocycles. The van der Waals surface area contributed by atoms with E-state index in [1.165, 1.54) is 12.1 Å². The van der Waals surface area contributed by atoms with Crippen molar-refractivity contribution in [2.75, 3.05) is 11.9 Å². The first kappa shape index (κ1) is 9.99. The normalized spacial score (nSPS) is 12.6. The first-order valence-electron chi connectivity index (χ1n) is 4.27. The van der Waals surface area contributed by atoms with Crippen LogP contribution < -0.4 is 5.32 Å². The summed E-state index contributed by atoms with van der Waals surface area (Å²) in [6.45, 7) is 3.94. The molecule has 0 saturated carbocycles. The zero-order valence-corrected chi connectivity index (χ0v) is 7.84. The maximum atomic E-state index is 12.8. The SMILES string of the molecule is Cc1cc(F)cc(NC[C@H](C)O)c1. The van der Waals surface area contributed by atoms with Crippen molar-refractivity contribution in [3.63, 3.8) is 0 Å². The molecule has 0 unspecified atom stereocenters. The van der Waals surface area contributed by atoms with Crippen molar-refractivity contribution in [2.24, 2.45) is 0 Å². The first-order chi connectivity index (χ1) is 6.08. The Bertz CT molecular complexity index is 266. The highest BCUT2D eigenvalue weighted by Gasteiger charge is 1.99. The van der Waals surface area contributed by atoms with Gasteiger partial charge in [-0.15, -0.1) is 0 Å². The van der Waals surface area contributed by atoms with Crippen molar-refractivity contribution in [3.8, 4) is 0 Å². The van der Waals surface area contributed by atoms with Gasteiger partial charge in [-0.05, 0) is 37.6 Å². The minimum atomic E-state index is -0.427. The van der Waals surface area contributed by atoms with Gasteiger partial charge < -0.3 is 10.4 Å². The van der Waals surface area contributed by atoms with Crippen LogP contribution in [0.25, 0.3) is 0 Å². The predicted molar refractivity (Wildman–Crippen MR) is 51.3 cm³/mol. The van der Waals surface area contributed by atoms with Gasteiger partial charge in [0, 0.05) is 12.2 Å². The number of hydrogen-bond donors (Lipinski definition) is 2. The van der Waals surface area contributed by atoms with E-state index in [1.54, 1.807) is 6.92 Å². The summed E-state index contributed by atoms with van der Waals surface area (Å²) < 4.78 is 12.8. The van der Waals surface area contributed by atoms with E-state index in [2.05, 4.69) is 5.32 Å². The Hall–Kier alpha value is -1.09. The molecule has 0 fully saturated rings. The molecule has 0 heterocycles. The molecular formula is C10H14FNO. The molecule has 0 aliphatic rings. The van der Waals surface area contributed by atoms with Gasteiger partial charge >= 0.3 is 0 Å². The second-order valence-electron chi connectivity index (χ2n) is 3.25. The zero-order chi connectivity index (χ0) is 9.84. The molecule has 13 heavy (non-hydrogen) atoms. The van der Waals surface area contributed by atoms with Crippen molar-refractivity contribution in [1.82, 2.24) is 0 Å². The lowest BCUT2D eigenvalue weighted by Crippen LogP contribution is -2.15. The zero-order valence-electron chi connectivity index (χ0n) is 7.84. The minimum absolute atomic E-state index is 0.256. The third-order valence-electron chi connectivity index (χ3n) is 1.64. The van der Waals surface area contributed by atoms with Gasteiger partial charge in [0.05, 0.1) is 6.10 Å². The largest absolute Gasteiger partial charge is 0.392 e. The van der Waals surface area contributed by atoms with Gasteiger partial charge in [0.2, 0.25) is 0 Å². The Morgan fingerprint density at radius 3 is 2.69 bits per heavy atom. The van der Waals surface area contributed by atoms with Crippen molar-refractivity contribution in [1.29, 1.82) is 0 Å². The quantitative estimate of drug-likeness (QED) is 0.750. The molecule has 0 amide bonds. The number of nitrogens with one attached hydrogen (secondary N) is 1. The molecule has 0 bridgehead atoms. The maximum Gasteiger partial charge on any atom is 0.125 e. The molecule has 0 radical (unpaired) electrons. The number of rotatable bonds is 3. The van der Waals surface area contributed by atoms with Crippen LogP contribution >= 0.6 is 0 Å². The number of anilines is 1. The lowest BCUT2D eigenvalue weighted by molar-refractivity contribution is 0.208. The van der Waals surface area contributed by atoms with Crippen LogP contribution in [0.3, 0.4) is 0 Å². The fourth-order valence-electron chi connectivity index (χ4n) is 1.10. The Morgan fingerprint density at radius 1 is 1.46 bits per heavy atom. The van der Waals surface area contributed by atoms with Crippen LogP contribution in [0.2, 0.25) is 0 Å². The number of aliphatic hydroxyl groups excluding tert-OH is 1. The van der Waals surface area contributed by atoms with Gasteiger partial charge in [0.25, 0.3) is 0 Å². The van der Waals surface area contributed by atoms with Crippen molar-refractivity contribution in [3.05, 3.63) is 29.6 Å². The summed E-state index contributed by atoms with van der Waals surface area (Å²) in [5.74, 6) is -0.256. The molecule has 1 aromatic rings. The van der Waals surface area contributed by atoms with E-state index in [4.69, 9.17) is 5.11 Å². The smallest absolute Gasteiger partial charge is 0.125 e. The van der Waals surface area contributed by atoms with Crippen LogP contribution in [0.15, 0.2) is 18.2 Å². The van der Waals surface area contributed by atoms with Gasteiger partial charge in [0.1, 0.15) is 5.82 Å². The van der Waals surface area contributed by atoms with Crippen molar-refractivity contribution < 1.29 is 9.50 Å². The third-order valence-corrected chi connectivity index (χ3v) is 1.64. The van der Waals surface area contributed by atoms with Gasteiger partial charge in [-0.2, -0.15) is 0 Å². The molecule has 2 N–H and O–H groups in total. The van der Waals surface area contributed by atoms with Gasteiger partial charge in [-0.1, -0.05) is 0 Å². The summed E-state index contributed by atoms with van der Waals surface area (Å²) >= 11 is 0. The van der Waals surface area contributed by atoms with E-state index >= 15 is 0 Å². The van der Waals surface area contributed by atoms with Crippen LogP contribution in [0.4, 0.5) is 10.1 Å². The first-order valence-corrected chi connectivity index (χ1v) is 4.27. The van der Waals surface area contributed by atoms with E-state index in [0.717, 1.165) is 5.56 Å². The van der Waals surface area contributed by atoms with E-state index < -0.39 is 6.10 Å². The second kappa shape index (κ2) is 4.23. The highest BCUT2D eigenvalue weighted by molar-refractivity contribution is 5.45. The Labute approximate surface area is 77.4 Å². The second-order valence-corrected chi connectivity index (χ2v) is 3.25. The average Bonchev–Trinajstić information content (AvgIpc) is 1.99. The lowest BCUT2D eigenvalue weighted by Gasteiger charge is -2.08. The fourth-order valence-corrected chi connectivity index (χ4v) is 1.10. The van der Waals surface area contributed by atoms with E-state index in [-0.39, 0.29) is 5.82 Å². The summed E-state index contributed by atoms with van der Waals surface area (Å²) in [7, 11) is 0. The number of aryl methyl sites for hydroxylation is 1.